The molecule has 3 rings (SSSR count). The highest BCUT2D eigenvalue weighted by molar-refractivity contribution is 6.00. The molecule has 0 radical (unpaired) electrons. The summed E-state index contributed by atoms with van der Waals surface area (Å²) in [6.45, 7) is -0.512. The van der Waals surface area contributed by atoms with Crippen molar-refractivity contribution in [2.45, 2.75) is 44.2 Å². The summed E-state index contributed by atoms with van der Waals surface area (Å²) in [5, 5.41) is 25.0. The van der Waals surface area contributed by atoms with E-state index in [9.17, 15) is 19.8 Å². The van der Waals surface area contributed by atoms with Gasteiger partial charge in [-0.15, -0.1) is 0 Å². The first kappa shape index (κ1) is 19.0. The molecule has 27 heavy (non-hydrogen) atoms. The lowest BCUT2D eigenvalue weighted by molar-refractivity contribution is -0.124. The van der Waals surface area contributed by atoms with Gasteiger partial charge in [0.05, 0.1) is 12.2 Å². The molecule has 1 heterocycles. The van der Waals surface area contributed by atoms with Gasteiger partial charge in [0.2, 0.25) is 5.91 Å². The van der Waals surface area contributed by atoms with E-state index in [1.54, 1.807) is 10.6 Å². The third-order valence-electron chi connectivity index (χ3n) is 4.88. The summed E-state index contributed by atoms with van der Waals surface area (Å²) < 4.78 is 1.80. The number of carbonyl (C=O) groups excluding carboxylic acids is 2. The Labute approximate surface area is 158 Å². The Morgan fingerprint density at radius 3 is 2.52 bits per heavy atom. The second-order valence-corrected chi connectivity index (χ2v) is 6.84. The number of amides is 2. The number of carbonyl (C=O) groups is 2. The first-order valence-electron chi connectivity index (χ1n) is 9.27. The quantitative estimate of drug-likeness (QED) is 0.621. The monoisotopic (exact) mass is 371 g/mol. The number of nitrogens with zero attached hydrogens (tertiary/aromatic N) is 1. The maximum absolute atomic E-state index is 12.6. The van der Waals surface area contributed by atoms with Gasteiger partial charge in [0.15, 0.2) is 0 Å². The lowest BCUT2D eigenvalue weighted by Gasteiger charge is -2.25. The summed E-state index contributed by atoms with van der Waals surface area (Å²) in [4.78, 5) is 25.0. The minimum Gasteiger partial charge on any atom is -0.507 e. The highest BCUT2D eigenvalue weighted by Crippen LogP contribution is 2.21. The average Bonchev–Trinajstić information content (AvgIpc) is 3.21. The van der Waals surface area contributed by atoms with E-state index in [0.717, 1.165) is 25.7 Å². The number of hydrogen-bond acceptors (Lipinski definition) is 4. The standard InChI is InChI=1S/C20H25N3O4/c24-13-17(20(27)21-14-6-2-1-3-7-14)22-19(26)16-12-15(8-9-18(16)25)23-10-4-5-11-23/h4-5,8-12,14,17,24-25H,1-3,6-7,13H2,(H,21,27)(H,22,26). The van der Waals surface area contributed by atoms with Crippen molar-refractivity contribution in [1.82, 2.24) is 15.2 Å². The Morgan fingerprint density at radius 1 is 1.15 bits per heavy atom. The van der Waals surface area contributed by atoms with E-state index in [0.29, 0.717) is 5.69 Å². The summed E-state index contributed by atoms with van der Waals surface area (Å²) in [6.07, 6.45) is 8.78. The number of benzene rings is 1. The molecule has 0 saturated heterocycles. The molecule has 1 aromatic heterocycles. The maximum atomic E-state index is 12.6. The van der Waals surface area contributed by atoms with Gasteiger partial charge in [0.25, 0.3) is 5.91 Å². The number of phenolic OH excluding ortho intramolecular Hbond substituents is 1. The fraction of sp³-hybridized carbons (Fsp3) is 0.400. The first-order valence-corrected chi connectivity index (χ1v) is 9.27. The van der Waals surface area contributed by atoms with E-state index < -0.39 is 24.5 Å². The van der Waals surface area contributed by atoms with Gasteiger partial charge in [0.1, 0.15) is 11.8 Å². The number of aliphatic hydroxyl groups is 1. The van der Waals surface area contributed by atoms with Gasteiger partial charge >= 0.3 is 0 Å². The van der Waals surface area contributed by atoms with Gasteiger partial charge in [-0.25, -0.2) is 0 Å². The molecule has 1 aliphatic carbocycles. The third-order valence-corrected chi connectivity index (χ3v) is 4.88. The number of aromatic hydroxyl groups is 1. The van der Waals surface area contributed by atoms with Crippen LogP contribution in [0.4, 0.5) is 0 Å². The van der Waals surface area contributed by atoms with Crippen LogP contribution in [0.1, 0.15) is 42.5 Å². The summed E-state index contributed by atoms with van der Waals surface area (Å²) >= 11 is 0. The van der Waals surface area contributed by atoms with Crippen molar-refractivity contribution in [2.24, 2.45) is 0 Å². The molecule has 1 saturated carbocycles. The van der Waals surface area contributed by atoms with E-state index in [4.69, 9.17) is 0 Å². The molecule has 0 bridgehead atoms. The van der Waals surface area contributed by atoms with Crippen molar-refractivity contribution >= 4 is 11.8 Å². The molecule has 0 spiro atoms. The number of hydrogen-bond donors (Lipinski definition) is 4. The van der Waals surface area contributed by atoms with E-state index in [2.05, 4.69) is 10.6 Å². The average molecular weight is 371 g/mol. The summed E-state index contributed by atoms with van der Waals surface area (Å²) in [7, 11) is 0. The third kappa shape index (κ3) is 4.68. The second kappa shape index (κ2) is 8.73. The molecular weight excluding hydrogens is 346 g/mol. The molecule has 0 aliphatic heterocycles. The van der Waals surface area contributed by atoms with E-state index >= 15 is 0 Å². The predicted octanol–water partition coefficient (Wildman–Crippen LogP) is 1.72. The van der Waals surface area contributed by atoms with Gasteiger partial charge in [-0.3, -0.25) is 9.59 Å². The maximum Gasteiger partial charge on any atom is 0.255 e. The van der Waals surface area contributed by atoms with Crippen LogP contribution in [0.25, 0.3) is 5.69 Å². The molecule has 1 fully saturated rings. The molecule has 1 atom stereocenters. The Kier molecular flexibility index (Phi) is 6.13. The lowest BCUT2D eigenvalue weighted by atomic mass is 9.95. The van der Waals surface area contributed by atoms with Crippen LogP contribution in [-0.2, 0) is 4.79 Å². The molecule has 1 aromatic carbocycles. The Balaban J connectivity index is 1.69. The van der Waals surface area contributed by atoms with E-state index in [-0.39, 0.29) is 17.4 Å². The molecule has 2 amide bonds. The van der Waals surface area contributed by atoms with Crippen LogP contribution < -0.4 is 10.6 Å². The zero-order chi connectivity index (χ0) is 19.2. The number of phenols is 1. The van der Waals surface area contributed by atoms with Gasteiger partial charge in [-0.1, -0.05) is 19.3 Å². The van der Waals surface area contributed by atoms with Crippen molar-refractivity contribution in [2.75, 3.05) is 6.61 Å². The van der Waals surface area contributed by atoms with Crippen molar-refractivity contribution in [3.8, 4) is 11.4 Å². The molecule has 7 heteroatoms. The Bertz CT molecular complexity index is 783. The topological polar surface area (TPSA) is 104 Å². The Hall–Kier alpha value is -2.80. The minimum atomic E-state index is -1.06. The molecule has 1 aliphatic rings. The SMILES string of the molecule is O=C(NC(CO)C(=O)NC1CCCCC1)c1cc(-n2cccc2)ccc1O. The predicted molar refractivity (Wildman–Crippen MR) is 101 cm³/mol. The van der Waals surface area contributed by atoms with Crippen LogP contribution in [-0.4, -0.2) is 45.3 Å². The number of aliphatic hydroxyl groups excluding tert-OH is 1. The highest BCUT2D eigenvalue weighted by Gasteiger charge is 2.25. The van der Waals surface area contributed by atoms with Crippen LogP contribution >= 0.6 is 0 Å². The number of rotatable bonds is 6. The summed E-state index contributed by atoms with van der Waals surface area (Å²) in [5.41, 5.74) is 0.750. The first-order chi connectivity index (χ1) is 13.1. The second-order valence-electron chi connectivity index (χ2n) is 6.84. The van der Waals surface area contributed by atoms with Gasteiger partial charge in [-0.05, 0) is 43.2 Å². The number of aromatic nitrogens is 1. The molecular formula is C20H25N3O4. The van der Waals surface area contributed by atoms with Gasteiger partial charge in [0, 0.05) is 24.1 Å². The fourth-order valence-corrected chi connectivity index (χ4v) is 3.35. The minimum absolute atomic E-state index is 0.0464. The van der Waals surface area contributed by atoms with Crippen molar-refractivity contribution in [3.05, 3.63) is 48.3 Å². The normalized spacial score (nSPS) is 15.9. The largest absolute Gasteiger partial charge is 0.507 e. The smallest absolute Gasteiger partial charge is 0.255 e. The van der Waals surface area contributed by atoms with E-state index in [1.807, 2.05) is 24.5 Å². The van der Waals surface area contributed by atoms with Crippen LogP contribution in [0.3, 0.4) is 0 Å². The van der Waals surface area contributed by atoms with Crippen LogP contribution in [0.2, 0.25) is 0 Å². The van der Waals surface area contributed by atoms with Crippen LogP contribution in [0.5, 0.6) is 5.75 Å². The molecule has 2 aromatic rings. The zero-order valence-electron chi connectivity index (χ0n) is 15.1. The van der Waals surface area contributed by atoms with Crippen LogP contribution in [0, 0.1) is 0 Å². The zero-order valence-corrected chi connectivity index (χ0v) is 15.1. The van der Waals surface area contributed by atoms with Crippen molar-refractivity contribution in [1.29, 1.82) is 0 Å². The number of nitrogens with one attached hydrogen (secondary N) is 2. The highest BCUT2D eigenvalue weighted by atomic mass is 16.3. The molecule has 144 valence electrons. The van der Waals surface area contributed by atoms with Gasteiger partial charge in [-0.2, -0.15) is 0 Å². The fourth-order valence-electron chi connectivity index (χ4n) is 3.35. The lowest BCUT2D eigenvalue weighted by Crippen LogP contribution is -2.51. The van der Waals surface area contributed by atoms with Crippen LogP contribution in [0.15, 0.2) is 42.7 Å². The molecule has 4 N–H and O–H groups in total. The molecule has 1 unspecified atom stereocenters. The summed E-state index contributed by atoms with van der Waals surface area (Å²) in [6, 6.07) is 7.38. The Morgan fingerprint density at radius 2 is 1.85 bits per heavy atom. The van der Waals surface area contributed by atoms with Crippen molar-refractivity contribution in [3.63, 3.8) is 0 Å². The molecule has 7 nitrogen and oxygen atoms in total. The van der Waals surface area contributed by atoms with Crippen molar-refractivity contribution < 1.29 is 19.8 Å². The summed E-state index contributed by atoms with van der Waals surface area (Å²) in [5.74, 6) is -1.20. The van der Waals surface area contributed by atoms with E-state index in [1.165, 1.54) is 18.6 Å². The van der Waals surface area contributed by atoms with Gasteiger partial charge < -0.3 is 25.4 Å².